The lowest BCUT2D eigenvalue weighted by Gasteiger charge is -2.20. The molecule has 0 amide bonds. The lowest BCUT2D eigenvalue weighted by molar-refractivity contribution is 0.250. The minimum Gasteiger partial charge on any atom is -0.396 e. The molecule has 0 heterocycles. The summed E-state index contributed by atoms with van der Waals surface area (Å²) in [7, 11) is 0. The summed E-state index contributed by atoms with van der Waals surface area (Å²) in [4.78, 5) is 0. The third-order valence-corrected chi connectivity index (χ3v) is 4.26. The minimum absolute atomic E-state index is 0.234. The second-order valence-electron chi connectivity index (χ2n) is 5.20. The van der Waals surface area contributed by atoms with E-state index in [4.69, 9.17) is 5.11 Å². The van der Waals surface area contributed by atoms with Gasteiger partial charge in [0.05, 0.1) is 11.5 Å². The van der Waals surface area contributed by atoms with Crippen LogP contribution in [0.1, 0.15) is 31.9 Å². The maximum atomic E-state index is 9.23. The number of aliphatic hydroxyl groups is 1. The van der Waals surface area contributed by atoms with Crippen molar-refractivity contribution in [1.29, 1.82) is 5.26 Å². The van der Waals surface area contributed by atoms with Gasteiger partial charge in [0.2, 0.25) is 0 Å². The molecule has 3 heteroatoms. The lowest BCUT2D eigenvalue weighted by Crippen LogP contribution is -2.16. The fourth-order valence-electron chi connectivity index (χ4n) is 1.74. The van der Waals surface area contributed by atoms with Crippen LogP contribution in [-0.2, 0) is 11.2 Å². The zero-order valence-corrected chi connectivity index (χ0v) is 12.1. The van der Waals surface area contributed by atoms with E-state index >= 15 is 0 Å². The molecule has 1 atom stereocenters. The van der Waals surface area contributed by atoms with Gasteiger partial charge in [-0.15, -0.1) is 0 Å². The molecule has 0 radical (unpaired) electrons. The molecule has 98 valence electrons. The van der Waals surface area contributed by atoms with Crippen molar-refractivity contribution in [3.05, 3.63) is 35.4 Å². The first-order valence-electron chi connectivity index (χ1n) is 6.19. The maximum absolute atomic E-state index is 9.23. The van der Waals surface area contributed by atoms with Crippen LogP contribution in [0.25, 0.3) is 0 Å². The number of thioether (sulfide) groups is 1. The Morgan fingerprint density at radius 1 is 1.39 bits per heavy atom. The van der Waals surface area contributed by atoms with Crippen molar-refractivity contribution in [2.75, 3.05) is 12.4 Å². The highest BCUT2D eigenvalue weighted by Crippen LogP contribution is 2.28. The van der Waals surface area contributed by atoms with Gasteiger partial charge in [-0.2, -0.15) is 17.0 Å². The van der Waals surface area contributed by atoms with Crippen LogP contribution in [0, 0.1) is 17.2 Å². The third kappa shape index (κ3) is 4.04. The topological polar surface area (TPSA) is 44.0 Å². The van der Waals surface area contributed by atoms with Crippen molar-refractivity contribution < 1.29 is 5.11 Å². The molecule has 0 bridgehead atoms. The Morgan fingerprint density at radius 3 is 2.67 bits per heavy atom. The fourth-order valence-corrected chi connectivity index (χ4v) is 2.84. The zero-order valence-electron chi connectivity index (χ0n) is 11.3. The van der Waals surface area contributed by atoms with Crippen LogP contribution in [-0.4, -0.2) is 17.5 Å². The molecule has 0 saturated carbocycles. The van der Waals surface area contributed by atoms with Crippen molar-refractivity contribution in [2.24, 2.45) is 5.92 Å². The summed E-state index contributed by atoms with van der Waals surface area (Å²) in [6.07, 6.45) is 0. The number of rotatable bonds is 6. The van der Waals surface area contributed by atoms with Gasteiger partial charge < -0.3 is 5.11 Å². The number of benzene rings is 1. The van der Waals surface area contributed by atoms with E-state index in [0.29, 0.717) is 5.92 Å². The average molecular weight is 263 g/mol. The Morgan fingerprint density at radius 2 is 2.06 bits per heavy atom. The summed E-state index contributed by atoms with van der Waals surface area (Å²) in [6.45, 7) is 6.18. The minimum atomic E-state index is -0.445. The summed E-state index contributed by atoms with van der Waals surface area (Å²) < 4.78 is 0. The number of nitrogens with zero attached hydrogens (tertiary/aromatic N) is 1. The molecule has 0 saturated heterocycles. The molecular formula is C15H21NOS. The smallest absolute Gasteiger partial charge is 0.0769 e. The quantitative estimate of drug-likeness (QED) is 0.856. The van der Waals surface area contributed by atoms with E-state index in [1.807, 2.05) is 50.7 Å². The zero-order chi connectivity index (χ0) is 13.6. The van der Waals surface area contributed by atoms with Gasteiger partial charge in [-0.25, -0.2) is 0 Å². The molecule has 1 rings (SSSR count). The molecule has 1 aromatic rings. The van der Waals surface area contributed by atoms with Crippen LogP contribution in [0.2, 0.25) is 0 Å². The Balaban J connectivity index is 2.75. The summed E-state index contributed by atoms with van der Waals surface area (Å²) in [5.41, 5.74) is 1.88. The summed E-state index contributed by atoms with van der Waals surface area (Å²) in [5.74, 6) is 2.16. The Kier molecular flexibility index (Phi) is 5.71. The van der Waals surface area contributed by atoms with Gasteiger partial charge in [-0.1, -0.05) is 31.2 Å². The highest BCUT2D eigenvalue weighted by atomic mass is 32.2. The Bertz CT molecular complexity index is 423. The first kappa shape index (κ1) is 15.1. The van der Waals surface area contributed by atoms with Crippen LogP contribution >= 0.6 is 11.8 Å². The standard InChI is InChI=1S/C15H21NOS/c1-12(8-17)9-18-10-13-6-4-5-7-14(13)15(2,3)11-16/h4-7,12,17H,8-10H2,1-3H3. The molecule has 0 aliphatic rings. The van der Waals surface area contributed by atoms with Gasteiger partial charge in [0.15, 0.2) is 0 Å². The Labute approximate surface area is 114 Å². The first-order chi connectivity index (χ1) is 8.51. The molecule has 18 heavy (non-hydrogen) atoms. The normalized spacial score (nSPS) is 13.1. The van der Waals surface area contributed by atoms with Crippen LogP contribution in [0.4, 0.5) is 0 Å². The van der Waals surface area contributed by atoms with Crippen molar-refractivity contribution in [3.8, 4) is 6.07 Å². The molecule has 2 nitrogen and oxygen atoms in total. The second kappa shape index (κ2) is 6.82. The van der Waals surface area contributed by atoms with Crippen molar-refractivity contribution in [1.82, 2.24) is 0 Å². The molecule has 0 aliphatic heterocycles. The highest BCUT2D eigenvalue weighted by Gasteiger charge is 2.22. The lowest BCUT2D eigenvalue weighted by atomic mass is 9.84. The molecule has 0 aromatic heterocycles. The predicted molar refractivity (Wildman–Crippen MR) is 77.5 cm³/mol. The SMILES string of the molecule is CC(CO)CSCc1ccccc1C(C)(C)C#N. The summed E-state index contributed by atoms with van der Waals surface area (Å²) >= 11 is 1.81. The van der Waals surface area contributed by atoms with E-state index in [1.54, 1.807) is 0 Å². The van der Waals surface area contributed by atoms with E-state index in [0.717, 1.165) is 17.1 Å². The molecule has 0 aliphatic carbocycles. The van der Waals surface area contributed by atoms with Gasteiger partial charge in [-0.05, 0) is 36.6 Å². The number of aliphatic hydroxyl groups excluding tert-OH is 1. The van der Waals surface area contributed by atoms with Gasteiger partial charge in [-0.3, -0.25) is 0 Å². The molecule has 0 fully saturated rings. The number of nitriles is 1. The number of hydrogen-bond donors (Lipinski definition) is 1. The summed E-state index contributed by atoms with van der Waals surface area (Å²) in [5, 5.41) is 18.2. The van der Waals surface area contributed by atoms with Crippen molar-refractivity contribution in [3.63, 3.8) is 0 Å². The average Bonchev–Trinajstić information content (AvgIpc) is 2.39. The maximum Gasteiger partial charge on any atom is 0.0769 e. The highest BCUT2D eigenvalue weighted by molar-refractivity contribution is 7.98. The summed E-state index contributed by atoms with van der Waals surface area (Å²) in [6, 6.07) is 10.5. The van der Waals surface area contributed by atoms with Crippen molar-refractivity contribution >= 4 is 11.8 Å². The van der Waals surface area contributed by atoms with Crippen LogP contribution < -0.4 is 0 Å². The van der Waals surface area contributed by atoms with E-state index in [9.17, 15) is 5.26 Å². The molecular weight excluding hydrogens is 242 g/mol. The van der Waals surface area contributed by atoms with Gasteiger partial charge in [0, 0.05) is 12.4 Å². The van der Waals surface area contributed by atoms with E-state index in [-0.39, 0.29) is 6.61 Å². The molecule has 1 aromatic carbocycles. The van der Waals surface area contributed by atoms with Crippen LogP contribution in [0.5, 0.6) is 0 Å². The third-order valence-electron chi connectivity index (χ3n) is 2.94. The van der Waals surface area contributed by atoms with Gasteiger partial charge in [0.1, 0.15) is 0 Å². The van der Waals surface area contributed by atoms with Gasteiger partial charge >= 0.3 is 0 Å². The van der Waals surface area contributed by atoms with Crippen LogP contribution in [0.15, 0.2) is 24.3 Å². The molecule has 1 N–H and O–H groups in total. The van der Waals surface area contributed by atoms with E-state index < -0.39 is 5.41 Å². The monoisotopic (exact) mass is 263 g/mol. The molecule has 1 unspecified atom stereocenters. The van der Waals surface area contributed by atoms with E-state index in [2.05, 4.69) is 12.1 Å². The van der Waals surface area contributed by atoms with Crippen molar-refractivity contribution in [2.45, 2.75) is 31.9 Å². The predicted octanol–water partition coefficient (Wildman–Crippen LogP) is 3.35. The first-order valence-corrected chi connectivity index (χ1v) is 7.35. The number of hydrogen-bond acceptors (Lipinski definition) is 3. The largest absolute Gasteiger partial charge is 0.396 e. The second-order valence-corrected chi connectivity index (χ2v) is 6.23. The van der Waals surface area contributed by atoms with Gasteiger partial charge in [0.25, 0.3) is 0 Å². The van der Waals surface area contributed by atoms with Crippen LogP contribution in [0.3, 0.4) is 0 Å². The molecule has 0 spiro atoms. The Hall–Kier alpha value is -0.980. The fraction of sp³-hybridized carbons (Fsp3) is 0.533. The van der Waals surface area contributed by atoms with E-state index in [1.165, 1.54) is 5.56 Å².